The van der Waals surface area contributed by atoms with E-state index in [0.29, 0.717) is 4.90 Å². The lowest BCUT2D eigenvalue weighted by atomic mass is 9.95. The third-order valence-corrected chi connectivity index (χ3v) is 7.97. The maximum absolute atomic E-state index is 12.2. The van der Waals surface area contributed by atoms with Gasteiger partial charge in [-0.05, 0) is 61.9 Å². The highest BCUT2D eigenvalue weighted by Crippen LogP contribution is 2.27. The van der Waals surface area contributed by atoms with Crippen LogP contribution >= 0.6 is 0 Å². The van der Waals surface area contributed by atoms with E-state index in [-0.39, 0.29) is 0 Å². The lowest BCUT2D eigenvalue weighted by Crippen LogP contribution is -2.09. The molecule has 30 heavy (non-hydrogen) atoms. The van der Waals surface area contributed by atoms with Crippen LogP contribution in [0.3, 0.4) is 0 Å². The van der Waals surface area contributed by atoms with Crippen molar-refractivity contribution in [3.05, 3.63) is 28.3 Å². The van der Waals surface area contributed by atoms with Crippen molar-refractivity contribution in [3.63, 3.8) is 0 Å². The largest absolute Gasteiger partial charge is 0.296 e. The van der Waals surface area contributed by atoms with E-state index < -0.39 is 10.1 Å². The third kappa shape index (κ3) is 9.51. The Morgan fingerprint density at radius 2 is 1.10 bits per heavy atom. The van der Waals surface area contributed by atoms with Crippen LogP contribution in [0.1, 0.15) is 119 Å². The molecule has 0 unspecified atom stereocenters. The van der Waals surface area contributed by atoms with E-state index in [4.69, 9.17) is 4.18 Å². The number of unbranched alkanes of at least 4 members (excludes halogenated alkanes) is 13. The summed E-state index contributed by atoms with van der Waals surface area (Å²) in [5.74, 6) is 0. The summed E-state index contributed by atoms with van der Waals surface area (Å²) in [4.78, 5) is 0.327. The molecule has 0 amide bonds. The lowest BCUT2D eigenvalue weighted by molar-refractivity contribution is 0.397. The van der Waals surface area contributed by atoms with Crippen molar-refractivity contribution in [1.82, 2.24) is 0 Å². The summed E-state index contributed by atoms with van der Waals surface area (Å²) in [5.41, 5.74) is 4.23. The van der Waals surface area contributed by atoms with Gasteiger partial charge in [-0.25, -0.2) is 0 Å². The van der Waals surface area contributed by atoms with Gasteiger partial charge in [0.2, 0.25) is 0 Å². The van der Waals surface area contributed by atoms with Crippen LogP contribution in [0, 0.1) is 20.8 Å². The molecule has 3 nitrogen and oxygen atoms in total. The molecule has 0 spiro atoms. The van der Waals surface area contributed by atoms with Crippen molar-refractivity contribution in [1.29, 1.82) is 0 Å². The normalized spacial score (nSPS) is 11.9. The van der Waals surface area contributed by atoms with E-state index in [1.807, 2.05) is 19.9 Å². The summed E-state index contributed by atoms with van der Waals surface area (Å²) < 4.78 is 29.2. The van der Waals surface area contributed by atoms with Crippen LogP contribution in [0.25, 0.3) is 0 Å². The Kier molecular flexibility index (Phi) is 13.6. The molecular formula is C26H46O3S. The number of rotatable bonds is 17. The van der Waals surface area contributed by atoms with Crippen LogP contribution < -0.4 is 0 Å². The molecule has 1 aromatic carbocycles. The van der Waals surface area contributed by atoms with Crippen LogP contribution in [0.15, 0.2) is 11.0 Å². The third-order valence-electron chi connectivity index (χ3n) is 6.57. The fourth-order valence-corrected chi connectivity index (χ4v) is 5.19. The van der Waals surface area contributed by atoms with Gasteiger partial charge in [0.05, 0.1) is 12.0 Å². The van der Waals surface area contributed by atoms with Crippen LogP contribution in [-0.4, -0.2) is 15.5 Å². The van der Waals surface area contributed by atoms with Crippen LogP contribution in [0.2, 0.25) is 0 Å². The van der Waals surface area contributed by atoms with Crippen LogP contribution in [-0.2, 0) is 20.7 Å². The second kappa shape index (κ2) is 15.0. The molecule has 0 saturated carbocycles. The van der Waals surface area contributed by atoms with Gasteiger partial charge in [0.15, 0.2) is 0 Å². The Hall–Kier alpha value is -0.870. The van der Waals surface area contributed by atoms with E-state index in [1.165, 1.54) is 96.1 Å². The molecule has 0 aliphatic carbocycles. The van der Waals surface area contributed by atoms with Gasteiger partial charge in [-0.3, -0.25) is 4.18 Å². The van der Waals surface area contributed by atoms with Crippen molar-refractivity contribution >= 4 is 10.1 Å². The average molecular weight is 439 g/mol. The molecule has 1 aromatic rings. The fourth-order valence-electron chi connectivity index (χ4n) is 4.20. The number of benzene rings is 1. The summed E-state index contributed by atoms with van der Waals surface area (Å²) in [6.45, 7) is 8.25. The molecule has 0 bridgehead atoms. The molecule has 0 N–H and O–H groups in total. The minimum Gasteiger partial charge on any atom is -0.270 e. The van der Waals surface area contributed by atoms with Gasteiger partial charge in [-0.15, -0.1) is 0 Å². The second-order valence-electron chi connectivity index (χ2n) is 8.88. The first-order chi connectivity index (χ1) is 14.3. The van der Waals surface area contributed by atoms with Crippen molar-refractivity contribution < 1.29 is 12.6 Å². The van der Waals surface area contributed by atoms with E-state index >= 15 is 0 Å². The van der Waals surface area contributed by atoms with Gasteiger partial charge in [-0.1, -0.05) is 90.4 Å². The molecule has 0 saturated heterocycles. The maximum Gasteiger partial charge on any atom is 0.296 e. The van der Waals surface area contributed by atoms with Crippen LogP contribution in [0.5, 0.6) is 0 Å². The zero-order valence-corrected chi connectivity index (χ0v) is 21.1. The SMILES string of the molecule is CCCCCCCCCCCCCCCCc1cc(S(=O)(=O)OC)c(C)c(C)c1C. The average Bonchev–Trinajstić information content (AvgIpc) is 2.73. The van der Waals surface area contributed by atoms with Gasteiger partial charge in [0, 0.05) is 0 Å². The zero-order valence-electron chi connectivity index (χ0n) is 20.3. The minimum absolute atomic E-state index is 0.327. The Morgan fingerprint density at radius 3 is 1.53 bits per heavy atom. The highest BCUT2D eigenvalue weighted by Gasteiger charge is 2.20. The van der Waals surface area contributed by atoms with Gasteiger partial charge in [0.25, 0.3) is 10.1 Å². The summed E-state index contributed by atoms with van der Waals surface area (Å²) in [6, 6.07) is 1.83. The molecule has 0 radical (unpaired) electrons. The predicted molar refractivity (Wildman–Crippen MR) is 129 cm³/mol. The second-order valence-corrected chi connectivity index (χ2v) is 10.6. The lowest BCUT2D eigenvalue weighted by Gasteiger charge is -2.16. The number of aryl methyl sites for hydroxylation is 1. The molecule has 174 valence electrons. The Bertz CT molecular complexity index is 707. The topological polar surface area (TPSA) is 43.4 Å². The Morgan fingerprint density at radius 1 is 0.667 bits per heavy atom. The summed E-state index contributed by atoms with van der Waals surface area (Å²) >= 11 is 0. The van der Waals surface area contributed by atoms with E-state index in [2.05, 4.69) is 13.8 Å². The quantitative estimate of drug-likeness (QED) is 0.183. The molecule has 1 rings (SSSR count). The van der Waals surface area contributed by atoms with E-state index in [9.17, 15) is 8.42 Å². The van der Waals surface area contributed by atoms with Gasteiger partial charge in [0.1, 0.15) is 0 Å². The molecule has 0 aromatic heterocycles. The fraction of sp³-hybridized carbons (Fsp3) is 0.769. The maximum atomic E-state index is 12.2. The first kappa shape index (κ1) is 27.2. The molecular weight excluding hydrogens is 392 g/mol. The molecule has 0 heterocycles. The van der Waals surface area contributed by atoms with E-state index in [0.717, 1.165) is 29.5 Å². The van der Waals surface area contributed by atoms with E-state index in [1.54, 1.807) is 0 Å². The summed E-state index contributed by atoms with van der Waals surface area (Å²) in [6.07, 6.45) is 19.8. The monoisotopic (exact) mass is 438 g/mol. The van der Waals surface area contributed by atoms with Gasteiger partial charge < -0.3 is 0 Å². The standard InChI is InChI=1S/C26H46O3S/c1-6-7-8-9-10-11-12-13-14-15-16-17-18-19-20-25-21-26(30(27,28)29-5)24(4)22(2)23(25)3/h21H,6-20H2,1-5H3. The van der Waals surface area contributed by atoms with Crippen molar-refractivity contribution in [2.24, 2.45) is 0 Å². The summed E-state index contributed by atoms with van der Waals surface area (Å²) in [5, 5.41) is 0. The smallest absolute Gasteiger partial charge is 0.270 e. The first-order valence-electron chi connectivity index (χ1n) is 12.3. The Balaban J connectivity index is 2.23. The first-order valence-corrected chi connectivity index (χ1v) is 13.7. The van der Waals surface area contributed by atoms with Crippen molar-refractivity contribution in [2.45, 2.75) is 129 Å². The minimum atomic E-state index is -3.65. The molecule has 4 heteroatoms. The highest BCUT2D eigenvalue weighted by molar-refractivity contribution is 7.86. The predicted octanol–water partition coefficient (Wildman–Crippen LogP) is 7.97. The van der Waals surface area contributed by atoms with Crippen LogP contribution in [0.4, 0.5) is 0 Å². The van der Waals surface area contributed by atoms with Gasteiger partial charge in [-0.2, -0.15) is 8.42 Å². The Labute approximate surface area is 187 Å². The number of hydrogen-bond acceptors (Lipinski definition) is 3. The molecule has 0 aliphatic heterocycles. The molecule has 0 fully saturated rings. The van der Waals surface area contributed by atoms with Crippen molar-refractivity contribution in [2.75, 3.05) is 7.11 Å². The summed E-state index contributed by atoms with van der Waals surface area (Å²) in [7, 11) is -2.42. The number of hydrogen-bond donors (Lipinski definition) is 0. The van der Waals surface area contributed by atoms with Gasteiger partial charge >= 0.3 is 0 Å². The highest BCUT2D eigenvalue weighted by atomic mass is 32.2. The van der Waals surface area contributed by atoms with Crippen molar-refractivity contribution in [3.8, 4) is 0 Å². The molecule has 0 atom stereocenters. The zero-order chi connectivity index (χ0) is 22.4. The molecule has 0 aliphatic rings.